The normalized spacial score (nSPS) is 19.5. The minimum atomic E-state index is -0.0976. The number of nitrogens with zero attached hydrogens (tertiary/aromatic N) is 1. The van der Waals surface area contributed by atoms with E-state index in [-0.39, 0.29) is 11.5 Å². The van der Waals surface area contributed by atoms with Gasteiger partial charge in [0.15, 0.2) is 0 Å². The summed E-state index contributed by atoms with van der Waals surface area (Å²) in [5.74, 6) is 0.281. The number of nitrogens with one attached hydrogen (secondary N) is 2. The van der Waals surface area contributed by atoms with E-state index in [9.17, 15) is 4.79 Å². The van der Waals surface area contributed by atoms with Crippen LogP contribution >= 0.6 is 0 Å². The van der Waals surface area contributed by atoms with E-state index < -0.39 is 0 Å². The van der Waals surface area contributed by atoms with Gasteiger partial charge in [-0.25, -0.2) is 0 Å². The number of benzene rings is 1. The van der Waals surface area contributed by atoms with Crippen molar-refractivity contribution < 1.29 is 0 Å². The standard InChI is InChI=1S/C21H19N3O/c25-19-12-16(9-11-23-19)20-18-8-4-5-10-22-13-17(18)14-24-21(20)15-6-2-1-3-7-15/h1-12,17,24H,13-14H2,(H,23,25). The van der Waals surface area contributed by atoms with Crippen LogP contribution in [0, 0.1) is 5.92 Å². The average molecular weight is 329 g/mol. The number of aromatic nitrogens is 1. The highest BCUT2D eigenvalue weighted by Crippen LogP contribution is 2.38. The summed E-state index contributed by atoms with van der Waals surface area (Å²) in [6.45, 7) is 1.56. The number of hydrogen-bond donors (Lipinski definition) is 2. The molecule has 2 N–H and O–H groups in total. The van der Waals surface area contributed by atoms with Crippen LogP contribution in [-0.2, 0) is 0 Å². The predicted molar refractivity (Wildman–Crippen MR) is 102 cm³/mol. The lowest BCUT2D eigenvalue weighted by Gasteiger charge is -2.31. The Morgan fingerprint density at radius 1 is 1.04 bits per heavy atom. The highest BCUT2D eigenvalue weighted by atomic mass is 16.1. The Bertz CT molecular complexity index is 948. The zero-order valence-corrected chi connectivity index (χ0v) is 13.8. The number of rotatable bonds is 2. The third kappa shape index (κ3) is 3.11. The van der Waals surface area contributed by atoms with Gasteiger partial charge >= 0.3 is 0 Å². The monoisotopic (exact) mass is 329 g/mol. The Balaban J connectivity index is 1.96. The first-order chi connectivity index (χ1) is 12.3. The van der Waals surface area contributed by atoms with Crippen molar-refractivity contribution in [3.63, 3.8) is 0 Å². The molecule has 0 aliphatic carbocycles. The lowest BCUT2D eigenvalue weighted by molar-refractivity contribution is 0.602. The van der Waals surface area contributed by atoms with Crippen molar-refractivity contribution in [3.05, 3.63) is 93.9 Å². The third-order valence-corrected chi connectivity index (χ3v) is 4.53. The van der Waals surface area contributed by atoms with E-state index in [2.05, 4.69) is 33.5 Å². The van der Waals surface area contributed by atoms with E-state index in [1.165, 1.54) is 5.57 Å². The van der Waals surface area contributed by atoms with Crippen LogP contribution in [0.5, 0.6) is 0 Å². The summed E-state index contributed by atoms with van der Waals surface area (Å²) in [7, 11) is 0. The molecule has 25 heavy (non-hydrogen) atoms. The van der Waals surface area contributed by atoms with E-state index in [1.807, 2.05) is 42.6 Å². The van der Waals surface area contributed by atoms with E-state index >= 15 is 0 Å². The largest absolute Gasteiger partial charge is 0.383 e. The first kappa shape index (κ1) is 15.4. The van der Waals surface area contributed by atoms with Crippen LogP contribution in [0.3, 0.4) is 0 Å². The van der Waals surface area contributed by atoms with Crippen LogP contribution < -0.4 is 10.9 Å². The summed E-state index contributed by atoms with van der Waals surface area (Å²) in [6.07, 6.45) is 9.66. The van der Waals surface area contributed by atoms with Crippen molar-refractivity contribution >= 4 is 17.5 Å². The summed E-state index contributed by atoms with van der Waals surface area (Å²) in [5.41, 5.74) is 5.30. The van der Waals surface area contributed by atoms with Gasteiger partial charge in [0.05, 0.1) is 0 Å². The summed E-state index contributed by atoms with van der Waals surface area (Å²) in [4.78, 5) is 19.1. The summed E-state index contributed by atoms with van der Waals surface area (Å²) >= 11 is 0. The summed E-state index contributed by atoms with van der Waals surface area (Å²) in [5, 5.41) is 3.58. The number of aromatic amines is 1. The van der Waals surface area contributed by atoms with Gasteiger partial charge in [-0.15, -0.1) is 0 Å². The fraction of sp³-hybridized carbons (Fsp3) is 0.143. The molecule has 0 amide bonds. The molecule has 0 bridgehead atoms. The van der Waals surface area contributed by atoms with Gasteiger partial charge < -0.3 is 10.3 Å². The van der Waals surface area contributed by atoms with Crippen LogP contribution in [0.2, 0.25) is 0 Å². The van der Waals surface area contributed by atoms with Crippen LogP contribution in [-0.4, -0.2) is 24.3 Å². The first-order valence-corrected chi connectivity index (χ1v) is 8.42. The Labute approximate surface area is 146 Å². The molecule has 0 radical (unpaired) electrons. The maximum absolute atomic E-state index is 11.9. The molecule has 4 rings (SSSR count). The average Bonchev–Trinajstić information content (AvgIpc) is 2.62. The number of hydrogen-bond acceptors (Lipinski definition) is 3. The lowest BCUT2D eigenvalue weighted by atomic mass is 9.82. The van der Waals surface area contributed by atoms with Crippen molar-refractivity contribution in [2.24, 2.45) is 10.9 Å². The molecular formula is C21H19N3O. The highest BCUT2D eigenvalue weighted by molar-refractivity contribution is 5.99. The van der Waals surface area contributed by atoms with Crippen molar-refractivity contribution in [3.8, 4) is 0 Å². The second kappa shape index (κ2) is 6.77. The maximum atomic E-state index is 11.9. The summed E-state index contributed by atoms with van der Waals surface area (Å²) in [6, 6.07) is 13.9. The number of aliphatic imine (C=N–C) groups is 1. The Morgan fingerprint density at radius 3 is 2.76 bits per heavy atom. The van der Waals surface area contributed by atoms with Crippen LogP contribution in [0.4, 0.5) is 0 Å². The second-order valence-corrected chi connectivity index (χ2v) is 6.16. The summed E-state index contributed by atoms with van der Waals surface area (Å²) < 4.78 is 0. The van der Waals surface area contributed by atoms with Crippen molar-refractivity contribution in [1.29, 1.82) is 0 Å². The number of fused-ring (bicyclic) bond motifs is 1. The van der Waals surface area contributed by atoms with Crippen LogP contribution in [0.25, 0.3) is 11.3 Å². The lowest BCUT2D eigenvalue weighted by Crippen LogP contribution is -2.32. The molecule has 124 valence electrons. The third-order valence-electron chi connectivity index (χ3n) is 4.53. The number of H-pyrrole nitrogens is 1. The maximum Gasteiger partial charge on any atom is 0.248 e. The zero-order valence-electron chi connectivity index (χ0n) is 13.8. The Morgan fingerprint density at radius 2 is 1.92 bits per heavy atom. The van der Waals surface area contributed by atoms with Gasteiger partial charge in [-0.3, -0.25) is 9.79 Å². The molecule has 4 heteroatoms. The predicted octanol–water partition coefficient (Wildman–Crippen LogP) is 3.03. The number of pyridine rings is 1. The highest BCUT2D eigenvalue weighted by Gasteiger charge is 2.27. The molecule has 1 atom stereocenters. The van der Waals surface area contributed by atoms with Gasteiger partial charge in [-0.1, -0.05) is 42.5 Å². The van der Waals surface area contributed by atoms with Gasteiger partial charge in [0.1, 0.15) is 0 Å². The van der Waals surface area contributed by atoms with Gasteiger partial charge in [0.25, 0.3) is 0 Å². The van der Waals surface area contributed by atoms with Gasteiger partial charge in [0, 0.05) is 48.8 Å². The molecule has 4 nitrogen and oxygen atoms in total. The molecule has 0 fully saturated rings. The molecule has 3 heterocycles. The fourth-order valence-corrected chi connectivity index (χ4v) is 3.37. The topological polar surface area (TPSA) is 57.2 Å². The molecule has 2 aromatic rings. The van der Waals surface area contributed by atoms with E-state index in [0.717, 1.165) is 35.5 Å². The minimum absolute atomic E-state index is 0.0976. The van der Waals surface area contributed by atoms with Crippen LogP contribution in [0.15, 0.2) is 82.2 Å². The zero-order chi connectivity index (χ0) is 17.1. The van der Waals surface area contributed by atoms with Crippen molar-refractivity contribution in [2.45, 2.75) is 0 Å². The van der Waals surface area contributed by atoms with Gasteiger partial charge in [-0.2, -0.15) is 0 Å². The molecular weight excluding hydrogens is 310 g/mol. The van der Waals surface area contributed by atoms with Crippen molar-refractivity contribution in [1.82, 2.24) is 10.3 Å². The molecule has 2 aliphatic rings. The fourth-order valence-electron chi connectivity index (χ4n) is 3.37. The second-order valence-electron chi connectivity index (χ2n) is 6.16. The molecule has 0 spiro atoms. The first-order valence-electron chi connectivity index (χ1n) is 8.42. The quantitative estimate of drug-likeness (QED) is 0.890. The Kier molecular flexibility index (Phi) is 4.17. The molecule has 1 aromatic heterocycles. The molecule has 0 saturated heterocycles. The van der Waals surface area contributed by atoms with Gasteiger partial charge in [0.2, 0.25) is 5.56 Å². The SMILES string of the molecule is O=c1cc(C2=C(c3ccccc3)NCC3CN=CC=CC=C23)cc[nH]1. The molecule has 1 unspecified atom stereocenters. The van der Waals surface area contributed by atoms with E-state index in [4.69, 9.17) is 0 Å². The Hall–Kier alpha value is -3.14. The smallest absolute Gasteiger partial charge is 0.248 e. The van der Waals surface area contributed by atoms with E-state index in [0.29, 0.717) is 0 Å². The van der Waals surface area contributed by atoms with Crippen LogP contribution in [0.1, 0.15) is 11.1 Å². The number of allylic oxidation sites excluding steroid dienone is 4. The molecule has 0 saturated carbocycles. The molecule has 1 aromatic carbocycles. The molecule has 2 aliphatic heterocycles. The minimum Gasteiger partial charge on any atom is -0.383 e. The van der Waals surface area contributed by atoms with Gasteiger partial charge in [-0.05, 0) is 28.8 Å². The van der Waals surface area contributed by atoms with Crippen molar-refractivity contribution in [2.75, 3.05) is 13.1 Å². The van der Waals surface area contributed by atoms with E-state index in [1.54, 1.807) is 12.3 Å².